The Balaban J connectivity index is 2.14. The minimum Gasteiger partial charge on any atom is -0.495 e. The number of para-hydroxylation sites is 2. The van der Waals surface area contributed by atoms with Crippen molar-refractivity contribution >= 4 is 21.7 Å². The number of ether oxygens (including phenoxy) is 3. The van der Waals surface area contributed by atoms with Gasteiger partial charge in [0.25, 0.3) is 10.0 Å². The van der Waals surface area contributed by atoms with Crippen LogP contribution in [0.15, 0.2) is 47.4 Å². The number of nitrogens with zero attached hydrogens (tertiary/aromatic N) is 1. The van der Waals surface area contributed by atoms with Gasteiger partial charge in [-0.15, -0.1) is 0 Å². The lowest BCUT2D eigenvalue weighted by molar-refractivity contribution is -0.148. The molecule has 1 atom stereocenters. The van der Waals surface area contributed by atoms with Crippen LogP contribution < -0.4 is 13.8 Å². The van der Waals surface area contributed by atoms with Crippen molar-refractivity contribution in [3.8, 4) is 11.5 Å². The first-order valence-electron chi connectivity index (χ1n) is 7.58. The minimum atomic E-state index is -4.23. The average molecular weight is 381 g/mol. The van der Waals surface area contributed by atoms with Gasteiger partial charge in [-0.25, -0.2) is 17.6 Å². The maximum atomic E-state index is 13.7. The number of anilines is 1. The Morgan fingerprint density at radius 3 is 2.65 bits per heavy atom. The fourth-order valence-corrected chi connectivity index (χ4v) is 4.30. The highest BCUT2D eigenvalue weighted by Crippen LogP contribution is 2.38. The van der Waals surface area contributed by atoms with Crippen molar-refractivity contribution < 1.29 is 31.8 Å². The van der Waals surface area contributed by atoms with Gasteiger partial charge < -0.3 is 14.2 Å². The van der Waals surface area contributed by atoms with E-state index in [2.05, 4.69) is 4.74 Å². The van der Waals surface area contributed by atoms with E-state index in [0.717, 1.165) is 16.4 Å². The van der Waals surface area contributed by atoms with Gasteiger partial charge >= 0.3 is 5.97 Å². The van der Waals surface area contributed by atoms with Crippen molar-refractivity contribution in [3.05, 3.63) is 48.3 Å². The molecular formula is C17H16FNO6S. The molecule has 1 aliphatic rings. The highest BCUT2D eigenvalue weighted by atomic mass is 32.2. The molecule has 0 aromatic heterocycles. The van der Waals surface area contributed by atoms with Gasteiger partial charge in [0.05, 0.1) is 26.5 Å². The van der Waals surface area contributed by atoms with Crippen LogP contribution >= 0.6 is 0 Å². The number of fused-ring (bicyclic) bond motifs is 1. The van der Waals surface area contributed by atoms with Gasteiger partial charge in [0, 0.05) is 0 Å². The summed E-state index contributed by atoms with van der Waals surface area (Å²) in [5, 5.41) is 0. The Morgan fingerprint density at radius 2 is 1.96 bits per heavy atom. The van der Waals surface area contributed by atoms with Crippen molar-refractivity contribution in [2.24, 2.45) is 0 Å². The van der Waals surface area contributed by atoms with E-state index in [9.17, 15) is 17.6 Å². The number of rotatable bonds is 4. The number of methoxy groups -OCH3 is 2. The lowest BCUT2D eigenvalue weighted by Gasteiger charge is -2.34. The predicted octanol–water partition coefficient (Wildman–Crippen LogP) is 1.96. The van der Waals surface area contributed by atoms with Crippen LogP contribution in [0.2, 0.25) is 0 Å². The van der Waals surface area contributed by atoms with Gasteiger partial charge in [-0.2, -0.15) is 0 Å². The molecule has 0 saturated carbocycles. The van der Waals surface area contributed by atoms with E-state index >= 15 is 0 Å². The highest BCUT2D eigenvalue weighted by molar-refractivity contribution is 7.93. The molecule has 0 N–H and O–H groups in total. The standard InChI is InChI=1S/C17H16FNO6S/c1-23-14-8-7-11(18)9-16(14)26(21,22)19-10-15(17(20)24-2)25-13-6-4-3-5-12(13)19/h3-9,15H,10H2,1-2H3. The largest absolute Gasteiger partial charge is 0.495 e. The number of esters is 1. The van der Waals surface area contributed by atoms with Crippen LogP contribution in [0.4, 0.5) is 10.1 Å². The molecular weight excluding hydrogens is 365 g/mol. The van der Waals surface area contributed by atoms with E-state index in [1.54, 1.807) is 12.1 Å². The van der Waals surface area contributed by atoms with Crippen LogP contribution in [0.25, 0.3) is 0 Å². The van der Waals surface area contributed by atoms with Crippen LogP contribution in [0.3, 0.4) is 0 Å². The monoisotopic (exact) mass is 381 g/mol. The summed E-state index contributed by atoms with van der Waals surface area (Å²) < 4.78 is 56.4. The Morgan fingerprint density at radius 1 is 1.23 bits per heavy atom. The number of sulfonamides is 1. The lowest BCUT2D eigenvalue weighted by Crippen LogP contribution is -2.47. The molecule has 138 valence electrons. The molecule has 1 aliphatic heterocycles. The van der Waals surface area contributed by atoms with Gasteiger partial charge in [-0.1, -0.05) is 12.1 Å². The van der Waals surface area contributed by atoms with Gasteiger partial charge in [0.1, 0.15) is 22.2 Å². The third-order valence-electron chi connectivity index (χ3n) is 3.89. The number of benzene rings is 2. The molecule has 3 rings (SSSR count). The zero-order chi connectivity index (χ0) is 18.9. The second-order valence-corrected chi connectivity index (χ2v) is 7.26. The van der Waals surface area contributed by atoms with Crippen molar-refractivity contribution in [3.63, 3.8) is 0 Å². The number of hydrogen-bond acceptors (Lipinski definition) is 6. The molecule has 9 heteroatoms. The Kier molecular flexibility index (Phi) is 4.73. The van der Waals surface area contributed by atoms with Crippen LogP contribution in [0, 0.1) is 5.82 Å². The normalized spacial score (nSPS) is 16.4. The Bertz CT molecular complexity index is 946. The number of carbonyl (C=O) groups is 1. The fraction of sp³-hybridized carbons (Fsp3) is 0.235. The summed E-state index contributed by atoms with van der Waals surface area (Å²) in [6, 6.07) is 9.55. The molecule has 2 aromatic carbocycles. The summed E-state index contributed by atoms with van der Waals surface area (Å²) >= 11 is 0. The first-order chi connectivity index (χ1) is 12.4. The summed E-state index contributed by atoms with van der Waals surface area (Å²) in [6.07, 6.45) is -1.15. The number of halogens is 1. The quantitative estimate of drug-likeness (QED) is 0.753. The minimum absolute atomic E-state index is 0.00927. The first-order valence-corrected chi connectivity index (χ1v) is 9.02. The van der Waals surface area contributed by atoms with E-state index < -0.39 is 27.9 Å². The van der Waals surface area contributed by atoms with Crippen LogP contribution in [0.1, 0.15) is 0 Å². The molecule has 0 bridgehead atoms. The van der Waals surface area contributed by atoms with E-state index in [1.165, 1.54) is 32.4 Å². The molecule has 7 nitrogen and oxygen atoms in total. The van der Waals surface area contributed by atoms with Crippen LogP contribution in [0.5, 0.6) is 11.5 Å². The summed E-state index contributed by atoms with van der Waals surface area (Å²) in [5.41, 5.74) is 0.235. The van der Waals surface area contributed by atoms with Crippen LogP contribution in [-0.2, 0) is 19.6 Å². The maximum Gasteiger partial charge on any atom is 0.348 e. The molecule has 0 spiro atoms. The topological polar surface area (TPSA) is 82.1 Å². The maximum absolute atomic E-state index is 13.7. The summed E-state index contributed by atoms with van der Waals surface area (Å²) in [7, 11) is -1.77. The third-order valence-corrected chi connectivity index (χ3v) is 5.69. The van der Waals surface area contributed by atoms with Crippen molar-refractivity contribution in [1.29, 1.82) is 0 Å². The summed E-state index contributed by atoms with van der Waals surface area (Å²) in [5.74, 6) is -1.25. The molecule has 1 heterocycles. The molecule has 1 unspecified atom stereocenters. The molecule has 0 fully saturated rings. The molecule has 2 aromatic rings. The Labute approximate surface area is 149 Å². The number of carbonyl (C=O) groups excluding carboxylic acids is 1. The molecule has 0 saturated heterocycles. The van der Waals surface area contributed by atoms with E-state index in [-0.39, 0.29) is 28.6 Å². The second kappa shape index (κ2) is 6.83. The van der Waals surface area contributed by atoms with Crippen molar-refractivity contribution in [1.82, 2.24) is 0 Å². The SMILES string of the molecule is COC(=O)C1CN(S(=O)(=O)c2cc(F)ccc2OC)c2ccccc2O1. The Hall–Kier alpha value is -2.81. The predicted molar refractivity (Wildman–Crippen MR) is 90.4 cm³/mol. The van der Waals surface area contributed by atoms with Crippen molar-refractivity contribution in [2.75, 3.05) is 25.1 Å². The average Bonchev–Trinajstić information content (AvgIpc) is 2.66. The smallest absolute Gasteiger partial charge is 0.348 e. The van der Waals surface area contributed by atoms with Gasteiger partial charge in [0.15, 0.2) is 0 Å². The first kappa shape index (κ1) is 18.0. The third kappa shape index (κ3) is 3.05. The highest BCUT2D eigenvalue weighted by Gasteiger charge is 2.39. The van der Waals surface area contributed by atoms with E-state index in [0.29, 0.717) is 0 Å². The number of hydrogen-bond donors (Lipinski definition) is 0. The molecule has 0 amide bonds. The van der Waals surface area contributed by atoms with Gasteiger partial charge in [-0.05, 0) is 30.3 Å². The zero-order valence-electron chi connectivity index (χ0n) is 14.0. The zero-order valence-corrected chi connectivity index (χ0v) is 14.8. The second-order valence-electron chi connectivity index (χ2n) is 5.43. The van der Waals surface area contributed by atoms with Gasteiger partial charge in [-0.3, -0.25) is 4.31 Å². The molecule has 0 radical (unpaired) electrons. The fourth-order valence-electron chi connectivity index (χ4n) is 2.65. The molecule has 26 heavy (non-hydrogen) atoms. The van der Waals surface area contributed by atoms with Crippen molar-refractivity contribution in [2.45, 2.75) is 11.0 Å². The lowest BCUT2D eigenvalue weighted by atomic mass is 10.2. The van der Waals surface area contributed by atoms with E-state index in [4.69, 9.17) is 9.47 Å². The molecule has 0 aliphatic carbocycles. The summed E-state index contributed by atoms with van der Waals surface area (Å²) in [4.78, 5) is 11.6. The summed E-state index contributed by atoms with van der Waals surface area (Å²) in [6.45, 7) is -0.314. The van der Waals surface area contributed by atoms with Crippen LogP contribution in [-0.4, -0.2) is 41.3 Å². The van der Waals surface area contributed by atoms with Gasteiger partial charge in [0.2, 0.25) is 6.10 Å². The van der Waals surface area contributed by atoms with E-state index in [1.807, 2.05) is 0 Å².